The number of aromatic nitrogens is 2. The number of hydrogen-bond acceptors (Lipinski definition) is 3. The summed E-state index contributed by atoms with van der Waals surface area (Å²) in [5, 5.41) is 9.73. The summed E-state index contributed by atoms with van der Waals surface area (Å²) in [6, 6.07) is 4.54. The monoisotopic (exact) mass is 326 g/mol. The van der Waals surface area contributed by atoms with Crippen LogP contribution in [0.1, 0.15) is 20.8 Å². The third-order valence-electron chi connectivity index (χ3n) is 2.69. The van der Waals surface area contributed by atoms with Crippen LogP contribution in [0.15, 0.2) is 24.4 Å². The predicted octanol–water partition coefficient (Wildman–Crippen LogP) is 2.34. The van der Waals surface area contributed by atoms with Crippen molar-refractivity contribution < 1.29 is 9.59 Å². The predicted molar refractivity (Wildman–Crippen MR) is 81.0 cm³/mol. The first-order chi connectivity index (χ1) is 9.92. The molecule has 0 atom stereocenters. The Morgan fingerprint density at radius 3 is 2.57 bits per heavy atom. The number of hydrogen-bond donors (Lipinski definition) is 2. The molecule has 0 spiro atoms. The molecule has 0 fully saturated rings. The van der Waals surface area contributed by atoms with E-state index in [1.54, 1.807) is 13.1 Å². The molecule has 0 aliphatic carbocycles. The number of amides is 2. The first kappa shape index (κ1) is 15.3. The van der Waals surface area contributed by atoms with E-state index in [0.717, 1.165) is 0 Å². The molecule has 2 rings (SSSR count). The Bertz CT molecular complexity index is 712. The Labute approximate surface area is 131 Å². The van der Waals surface area contributed by atoms with Gasteiger partial charge in [0.15, 0.2) is 5.69 Å². The van der Waals surface area contributed by atoms with E-state index in [1.165, 1.54) is 30.1 Å². The van der Waals surface area contributed by atoms with Gasteiger partial charge in [0.2, 0.25) is 0 Å². The zero-order valence-corrected chi connectivity index (χ0v) is 12.8. The summed E-state index contributed by atoms with van der Waals surface area (Å²) in [6.45, 7) is 0. The molecule has 2 aromatic rings. The van der Waals surface area contributed by atoms with Gasteiger partial charge in [-0.15, -0.1) is 0 Å². The molecule has 6 nitrogen and oxygen atoms in total. The highest BCUT2D eigenvalue weighted by atomic mass is 35.5. The summed E-state index contributed by atoms with van der Waals surface area (Å²) >= 11 is 11.8. The molecule has 1 heterocycles. The maximum absolute atomic E-state index is 12.2. The number of nitrogens with zero attached hydrogens (tertiary/aromatic N) is 2. The van der Waals surface area contributed by atoms with Gasteiger partial charge in [0.1, 0.15) is 0 Å². The fourth-order valence-electron chi connectivity index (χ4n) is 1.73. The second-order valence-corrected chi connectivity index (χ2v) is 5.07. The maximum Gasteiger partial charge on any atom is 0.273 e. The molecular weight excluding hydrogens is 315 g/mol. The van der Waals surface area contributed by atoms with Gasteiger partial charge in [-0.1, -0.05) is 23.2 Å². The maximum atomic E-state index is 12.2. The molecular formula is C13H12Cl2N4O2. The van der Waals surface area contributed by atoms with E-state index in [9.17, 15) is 9.59 Å². The molecule has 110 valence electrons. The Kier molecular flexibility index (Phi) is 4.50. The number of anilines is 1. The van der Waals surface area contributed by atoms with E-state index in [-0.39, 0.29) is 16.3 Å². The summed E-state index contributed by atoms with van der Waals surface area (Å²) < 4.78 is 1.43. The largest absolute Gasteiger partial charge is 0.354 e. The molecule has 1 aromatic carbocycles. The number of nitrogens with one attached hydrogen (secondary N) is 2. The van der Waals surface area contributed by atoms with Crippen LogP contribution in [-0.2, 0) is 7.05 Å². The Hall–Kier alpha value is -2.05. The lowest BCUT2D eigenvalue weighted by Crippen LogP contribution is -2.21. The summed E-state index contributed by atoms with van der Waals surface area (Å²) in [4.78, 5) is 23.9. The molecule has 21 heavy (non-hydrogen) atoms. The molecule has 0 bridgehead atoms. The summed E-state index contributed by atoms with van der Waals surface area (Å²) in [7, 11) is 3.13. The summed E-state index contributed by atoms with van der Waals surface area (Å²) in [6.07, 6.45) is 1.53. The van der Waals surface area contributed by atoms with Crippen molar-refractivity contribution in [3.8, 4) is 0 Å². The van der Waals surface area contributed by atoms with Crippen LogP contribution >= 0.6 is 23.2 Å². The fraction of sp³-hybridized carbons (Fsp3) is 0.154. The van der Waals surface area contributed by atoms with Crippen molar-refractivity contribution >= 4 is 40.7 Å². The molecule has 2 amide bonds. The van der Waals surface area contributed by atoms with E-state index in [4.69, 9.17) is 23.2 Å². The quantitative estimate of drug-likeness (QED) is 0.908. The average Bonchev–Trinajstić information content (AvgIpc) is 2.78. The topological polar surface area (TPSA) is 76.0 Å². The highest BCUT2D eigenvalue weighted by molar-refractivity contribution is 6.37. The Morgan fingerprint density at radius 2 is 1.95 bits per heavy atom. The van der Waals surface area contributed by atoms with E-state index >= 15 is 0 Å². The van der Waals surface area contributed by atoms with Gasteiger partial charge in [-0.05, 0) is 18.2 Å². The van der Waals surface area contributed by atoms with Crippen LogP contribution in [0.5, 0.6) is 0 Å². The minimum atomic E-state index is -0.449. The average molecular weight is 327 g/mol. The van der Waals surface area contributed by atoms with Crippen molar-refractivity contribution in [1.82, 2.24) is 15.1 Å². The number of aryl methyl sites for hydroxylation is 1. The van der Waals surface area contributed by atoms with Crippen LogP contribution < -0.4 is 10.6 Å². The normalized spacial score (nSPS) is 10.3. The van der Waals surface area contributed by atoms with Gasteiger partial charge in [-0.25, -0.2) is 0 Å². The lowest BCUT2D eigenvalue weighted by molar-refractivity contribution is 0.0958. The van der Waals surface area contributed by atoms with Crippen molar-refractivity contribution in [3.63, 3.8) is 0 Å². The van der Waals surface area contributed by atoms with Crippen molar-refractivity contribution in [2.24, 2.45) is 7.05 Å². The number of benzene rings is 1. The van der Waals surface area contributed by atoms with Crippen LogP contribution in [0.2, 0.25) is 10.0 Å². The highest BCUT2D eigenvalue weighted by Crippen LogP contribution is 2.22. The minimum absolute atomic E-state index is 0.124. The van der Waals surface area contributed by atoms with Crippen LogP contribution in [0.25, 0.3) is 0 Å². The SMILES string of the molecule is CNC(=O)c1nn(C)cc1NC(=O)c1ccc(Cl)cc1Cl. The molecule has 0 aliphatic rings. The van der Waals surface area contributed by atoms with Crippen molar-refractivity contribution in [1.29, 1.82) is 0 Å². The smallest absolute Gasteiger partial charge is 0.273 e. The van der Waals surface area contributed by atoms with Crippen LogP contribution in [0, 0.1) is 0 Å². The van der Waals surface area contributed by atoms with E-state index in [1.807, 2.05) is 0 Å². The van der Waals surface area contributed by atoms with E-state index in [0.29, 0.717) is 10.7 Å². The second-order valence-electron chi connectivity index (χ2n) is 4.22. The van der Waals surface area contributed by atoms with Gasteiger partial charge >= 0.3 is 0 Å². The van der Waals surface area contributed by atoms with Gasteiger partial charge in [0.25, 0.3) is 11.8 Å². The Morgan fingerprint density at radius 1 is 1.24 bits per heavy atom. The van der Waals surface area contributed by atoms with Crippen molar-refractivity contribution in [2.75, 3.05) is 12.4 Å². The van der Waals surface area contributed by atoms with Crippen LogP contribution in [0.4, 0.5) is 5.69 Å². The van der Waals surface area contributed by atoms with Gasteiger partial charge in [0.05, 0.1) is 16.3 Å². The van der Waals surface area contributed by atoms with E-state index in [2.05, 4.69) is 15.7 Å². The number of rotatable bonds is 3. The minimum Gasteiger partial charge on any atom is -0.354 e. The highest BCUT2D eigenvalue weighted by Gasteiger charge is 2.18. The van der Waals surface area contributed by atoms with Crippen molar-refractivity contribution in [2.45, 2.75) is 0 Å². The van der Waals surface area contributed by atoms with Crippen LogP contribution in [0.3, 0.4) is 0 Å². The number of carbonyl (C=O) groups excluding carboxylic acids is 2. The lowest BCUT2D eigenvalue weighted by Gasteiger charge is -2.06. The zero-order valence-electron chi connectivity index (χ0n) is 11.3. The molecule has 0 radical (unpaired) electrons. The molecule has 8 heteroatoms. The Balaban J connectivity index is 2.29. The van der Waals surface area contributed by atoms with Gasteiger partial charge in [0, 0.05) is 25.3 Å². The van der Waals surface area contributed by atoms with Crippen molar-refractivity contribution in [3.05, 3.63) is 45.7 Å². The number of halogens is 2. The first-order valence-electron chi connectivity index (χ1n) is 5.94. The van der Waals surface area contributed by atoms with Gasteiger partial charge in [-0.3, -0.25) is 14.3 Å². The molecule has 1 aromatic heterocycles. The first-order valence-corrected chi connectivity index (χ1v) is 6.70. The molecule has 0 aliphatic heterocycles. The van der Waals surface area contributed by atoms with Gasteiger partial charge < -0.3 is 10.6 Å². The third-order valence-corrected chi connectivity index (χ3v) is 3.24. The van der Waals surface area contributed by atoms with Gasteiger partial charge in [-0.2, -0.15) is 5.10 Å². The number of carbonyl (C=O) groups is 2. The summed E-state index contributed by atoms with van der Waals surface area (Å²) in [5.74, 6) is -0.845. The lowest BCUT2D eigenvalue weighted by atomic mass is 10.2. The summed E-state index contributed by atoms with van der Waals surface area (Å²) in [5.41, 5.74) is 0.680. The van der Waals surface area contributed by atoms with Crippen LogP contribution in [-0.4, -0.2) is 28.6 Å². The second kappa shape index (κ2) is 6.15. The molecule has 0 saturated carbocycles. The molecule has 2 N–H and O–H groups in total. The molecule has 0 unspecified atom stereocenters. The van der Waals surface area contributed by atoms with E-state index < -0.39 is 11.8 Å². The third kappa shape index (κ3) is 3.34. The zero-order chi connectivity index (χ0) is 15.6. The molecule has 0 saturated heterocycles. The fourth-order valence-corrected chi connectivity index (χ4v) is 2.22. The standard InChI is InChI=1S/C13H12Cl2N4O2/c1-16-13(21)11-10(6-19(2)18-11)17-12(20)8-4-3-7(14)5-9(8)15/h3-6H,1-2H3,(H,16,21)(H,17,20).